The number of rotatable bonds is 6. The van der Waals surface area contributed by atoms with E-state index in [1.54, 1.807) is 12.3 Å². The van der Waals surface area contributed by atoms with Gasteiger partial charge in [-0.2, -0.15) is 10.2 Å². The second-order valence-electron chi connectivity index (χ2n) is 10.7. The number of carbonyl (C=O) groups excluding carboxylic acids is 1. The zero-order valence-corrected chi connectivity index (χ0v) is 22.4. The van der Waals surface area contributed by atoms with Gasteiger partial charge in [0, 0.05) is 37.6 Å². The number of H-pyrrole nitrogens is 1. The van der Waals surface area contributed by atoms with Gasteiger partial charge in [-0.3, -0.25) is 9.89 Å². The Bertz CT molecular complexity index is 1490. The van der Waals surface area contributed by atoms with Gasteiger partial charge in [0.15, 0.2) is 17.5 Å². The Labute approximate surface area is 226 Å². The molecule has 0 aliphatic carbocycles. The lowest BCUT2D eigenvalue weighted by molar-refractivity contribution is -0.138. The maximum Gasteiger partial charge on any atom is 0.229 e. The minimum Gasteiger partial charge on any atom is -0.356 e. The summed E-state index contributed by atoms with van der Waals surface area (Å²) in [4.78, 5) is 27.3. The molecule has 0 aromatic carbocycles. The third kappa shape index (κ3) is 4.84. The van der Waals surface area contributed by atoms with Crippen molar-refractivity contribution >= 4 is 23.4 Å². The number of nitrogens with one attached hydrogen (secondary N) is 2. The van der Waals surface area contributed by atoms with Crippen LogP contribution in [0.2, 0.25) is 0 Å². The van der Waals surface area contributed by atoms with Gasteiger partial charge in [0.25, 0.3) is 0 Å². The summed E-state index contributed by atoms with van der Waals surface area (Å²) in [6.45, 7) is 8.35. The largest absolute Gasteiger partial charge is 0.356 e. The summed E-state index contributed by atoms with van der Waals surface area (Å²) >= 11 is 0. The van der Waals surface area contributed by atoms with Crippen LogP contribution in [0, 0.1) is 25.1 Å². The topological polar surface area (TPSA) is 108 Å². The van der Waals surface area contributed by atoms with Gasteiger partial charge in [-0.1, -0.05) is 6.07 Å². The van der Waals surface area contributed by atoms with Crippen LogP contribution in [-0.2, 0) is 4.79 Å². The third-order valence-corrected chi connectivity index (χ3v) is 8.02. The van der Waals surface area contributed by atoms with Crippen molar-refractivity contribution in [2.45, 2.75) is 46.1 Å². The van der Waals surface area contributed by atoms with Crippen molar-refractivity contribution in [3.05, 3.63) is 71.6 Å². The zero-order valence-electron chi connectivity index (χ0n) is 22.4. The SMILES string of the molecule is Cc1cc(Nc2cc(C)[nH]n2)nc(N2CCC3(CC2)CCN(C(C)c2ccc(-n4cc(F)cn4)nc2)C3=O)c1. The molecule has 2 saturated heterocycles. The molecule has 1 atom stereocenters. The number of anilines is 3. The molecule has 1 spiro atoms. The number of carbonyl (C=O) groups is 1. The summed E-state index contributed by atoms with van der Waals surface area (Å²) in [5.41, 5.74) is 2.72. The first-order valence-electron chi connectivity index (χ1n) is 13.3. The van der Waals surface area contributed by atoms with Gasteiger partial charge in [-0.15, -0.1) is 0 Å². The summed E-state index contributed by atoms with van der Waals surface area (Å²) in [7, 11) is 0. The third-order valence-electron chi connectivity index (χ3n) is 8.02. The van der Waals surface area contributed by atoms with Crippen LogP contribution in [0.1, 0.15) is 49.0 Å². The van der Waals surface area contributed by atoms with E-state index in [-0.39, 0.29) is 17.4 Å². The zero-order chi connectivity index (χ0) is 27.1. The molecule has 2 N–H and O–H groups in total. The van der Waals surface area contributed by atoms with Gasteiger partial charge in [-0.05, 0) is 69.4 Å². The van der Waals surface area contributed by atoms with Crippen molar-refractivity contribution in [1.29, 1.82) is 0 Å². The first kappa shape index (κ1) is 25.0. The van der Waals surface area contributed by atoms with Crippen molar-refractivity contribution in [3.8, 4) is 5.82 Å². The molecule has 202 valence electrons. The van der Waals surface area contributed by atoms with Crippen LogP contribution < -0.4 is 10.2 Å². The van der Waals surface area contributed by atoms with Crippen molar-refractivity contribution < 1.29 is 9.18 Å². The lowest BCUT2D eigenvalue weighted by atomic mass is 9.77. The Morgan fingerprint density at radius 2 is 1.82 bits per heavy atom. The number of aromatic nitrogens is 6. The van der Waals surface area contributed by atoms with Crippen molar-refractivity contribution in [2.75, 3.05) is 29.9 Å². The van der Waals surface area contributed by atoms with Gasteiger partial charge < -0.3 is 15.1 Å². The van der Waals surface area contributed by atoms with Gasteiger partial charge >= 0.3 is 0 Å². The molecule has 4 aromatic heterocycles. The van der Waals surface area contributed by atoms with Crippen LogP contribution >= 0.6 is 0 Å². The molecular formula is C28H32FN9O. The van der Waals surface area contributed by atoms with Gasteiger partial charge in [0.1, 0.15) is 11.6 Å². The van der Waals surface area contributed by atoms with E-state index in [0.29, 0.717) is 5.82 Å². The molecular weight excluding hydrogens is 497 g/mol. The smallest absolute Gasteiger partial charge is 0.229 e. The molecule has 4 aromatic rings. The number of hydrogen-bond acceptors (Lipinski definition) is 7. The molecule has 2 aliphatic heterocycles. The normalized spacial score (nSPS) is 17.7. The van der Waals surface area contributed by atoms with E-state index >= 15 is 0 Å². The summed E-state index contributed by atoms with van der Waals surface area (Å²) in [5.74, 6) is 2.76. The summed E-state index contributed by atoms with van der Waals surface area (Å²) in [6.07, 6.45) is 6.64. The van der Waals surface area contributed by atoms with Crippen LogP contribution in [0.4, 0.5) is 21.8 Å². The number of nitrogens with zero attached hydrogens (tertiary/aromatic N) is 7. The molecule has 0 radical (unpaired) electrons. The molecule has 10 nitrogen and oxygen atoms in total. The predicted molar refractivity (Wildman–Crippen MR) is 146 cm³/mol. The molecule has 1 unspecified atom stereocenters. The van der Waals surface area contributed by atoms with Crippen LogP contribution in [0.3, 0.4) is 0 Å². The lowest BCUT2D eigenvalue weighted by Gasteiger charge is -2.39. The van der Waals surface area contributed by atoms with Gasteiger partial charge in [0.2, 0.25) is 5.91 Å². The number of aryl methyl sites for hydroxylation is 2. The summed E-state index contributed by atoms with van der Waals surface area (Å²) in [5, 5.41) is 14.4. The highest BCUT2D eigenvalue weighted by atomic mass is 19.1. The fraction of sp³-hybridized carbons (Fsp3) is 0.393. The van der Waals surface area contributed by atoms with E-state index < -0.39 is 5.82 Å². The van der Waals surface area contributed by atoms with Gasteiger partial charge in [-0.25, -0.2) is 19.0 Å². The Morgan fingerprint density at radius 1 is 1.03 bits per heavy atom. The molecule has 0 saturated carbocycles. The maximum atomic E-state index is 13.7. The highest BCUT2D eigenvalue weighted by Crippen LogP contribution is 2.44. The minimum atomic E-state index is -0.410. The second-order valence-corrected chi connectivity index (χ2v) is 10.7. The Morgan fingerprint density at radius 3 is 2.49 bits per heavy atom. The average Bonchev–Trinajstić information content (AvgIpc) is 3.63. The van der Waals surface area contributed by atoms with E-state index in [9.17, 15) is 9.18 Å². The van der Waals surface area contributed by atoms with E-state index in [1.165, 1.54) is 10.9 Å². The molecule has 2 fully saturated rings. The fourth-order valence-corrected chi connectivity index (χ4v) is 5.72. The Balaban J connectivity index is 1.11. The van der Waals surface area contributed by atoms with Crippen molar-refractivity contribution in [1.82, 2.24) is 34.8 Å². The Kier molecular flexibility index (Phi) is 6.28. The highest BCUT2D eigenvalue weighted by Gasteiger charge is 2.49. The molecule has 2 aliphatic rings. The minimum absolute atomic E-state index is 0.0939. The van der Waals surface area contributed by atoms with Crippen LogP contribution in [0.15, 0.2) is 48.9 Å². The molecule has 6 heterocycles. The monoisotopic (exact) mass is 529 g/mol. The molecule has 1 amide bonds. The van der Waals surface area contributed by atoms with E-state index in [2.05, 4.69) is 43.5 Å². The van der Waals surface area contributed by atoms with Gasteiger partial charge in [0.05, 0.1) is 23.9 Å². The molecule has 11 heteroatoms. The number of hydrogen-bond donors (Lipinski definition) is 2. The van der Waals surface area contributed by atoms with Crippen molar-refractivity contribution in [3.63, 3.8) is 0 Å². The lowest BCUT2D eigenvalue weighted by Crippen LogP contribution is -2.45. The highest BCUT2D eigenvalue weighted by molar-refractivity contribution is 5.85. The molecule has 6 rings (SSSR count). The van der Waals surface area contributed by atoms with E-state index in [1.807, 2.05) is 36.9 Å². The number of piperidine rings is 1. The predicted octanol–water partition coefficient (Wildman–Crippen LogP) is 4.47. The molecule has 39 heavy (non-hydrogen) atoms. The first-order valence-corrected chi connectivity index (χ1v) is 13.3. The summed E-state index contributed by atoms with van der Waals surface area (Å²) < 4.78 is 14.7. The van der Waals surface area contributed by atoms with E-state index in [4.69, 9.17) is 4.98 Å². The van der Waals surface area contributed by atoms with Crippen LogP contribution in [0.25, 0.3) is 5.82 Å². The Hall–Kier alpha value is -4.28. The number of aromatic amines is 1. The number of likely N-dealkylation sites (tertiary alicyclic amines) is 1. The van der Waals surface area contributed by atoms with Crippen LogP contribution in [-0.4, -0.2) is 60.4 Å². The van der Waals surface area contributed by atoms with E-state index in [0.717, 1.165) is 79.4 Å². The number of halogens is 1. The number of amides is 1. The summed E-state index contributed by atoms with van der Waals surface area (Å²) in [6, 6.07) is 9.69. The first-order chi connectivity index (χ1) is 18.8. The van der Waals surface area contributed by atoms with Crippen molar-refractivity contribution in [2.24, 2.45) is 5.41 Å². The molecule has 0 bridgehead atoms. The number of pyridine rings is 2. The maximum absolute atomic E-state index is 13.7. The van der Waals surface area contributed by atoms with Crippen LogP contribution in [0.5, 0.6) is 0 Å². The average molecular weight is 530 g/mol. The standard InChI is InChI=1S/C28H32FN9O/c1-18-12-23(32-24-14-19(2)34-35-24)33-26(13-18)36-9-6-28(7-10-36)8-11-37(27(28)39)20(3)21-4-5-25(30-15-21)38-17-22(29)16-31-38/h4-5,12-17,20H,6-11H2,1-3H3,(H2,32,33,34,35). The quantitative estimate of drug-likeness (QED) is 0.380. The fourth-order valence-electron chi connectivity index (χ4n) is 5.72. The second kappa shape index (κ2) is 9.79.